The smallest absolute Gasteiger partial charge is 0.408 e. The lowest BCUT2D eigenvalue weighted by molar-refractivity contribution is -0.148. The van der Waals surface area contributed by atoms with Gasteiger partial charge in [0, 0.05) is 18.0 Å². The van der Waals surface area contributed by atoms with Crippen LogP contribution in [-0.2, 0) is 20.7 Å². The zero-order valence-electron chi connectivity index (χ0n) is 25.1. The number of rotatable bonds is 10. The minimum absolute atomic E-state index is 0.0493. The van der Waals surface area contributed by atoms with E-state index < -0.39 is 29.3 Å². The van der Waals surface area contributed by atoms with Crippen molar-refractivity contribution >= 4 is 17.9 Å². The quantitative estimate of drug-likeness (QED) is 0.383. The molecule has 2 N–H and O–H groups in total. The van der Waals surface area contributed by atoms with Crippen LogP contribution < -0.4 is 10.6 Å². The number of aryl methyl sites for hydroxylation is 1. The fourth-order valence-electron chi connectivity index (χ4n) is 4.60. The maximum absolute atomic E-state index is 14.5. The van der Waals surface area contributed by atoms with Crippen molar-refractivity contribution in [1.29, 1.82) is 0 Å². The van der Waals surface area contributed by atoms with Gasteiger partial charge in [-0.15, -0.1) is 0 Å². The summed E-state index contributed by atoms with van der Waals surface area (Å²) in [7, 11) is 0. The molecule has 0 spiro atoms. The van der Waals surface area contributed by atoms with E-state index in [0.717, 1.165) is 29.5 Å². The van der Waals surface area contributed by atoms with E-state index in [2.05, 4.69) is 17.6 Å². The van der Waals surface area contributed by atoms with Gasteiger partial charge in [0.15, 0.2) is 0 Å². The minimum Gasteiger partial charge on any atom is -0.444 e. The van der Waals surface area contributed by atoms with Crippen LogP contribution in [0.1, 0.15) is 91.0 Å². The van der Waals surface area contributed by atoms with Crippen LogP contribution in [0.25, 0.3) is 0 Å². The Labute approximate surface area is 234 Å². The first kappa shape index (κ1) is 31.9. The van der Waals surface area contributed by atoms with Gasteiger partial charge in [-0.25, -0.2) is 4.79 Å². The largest absolute Gasteiger partial charge is 0.444 e. The average molecular weight is 538 g/mol. The topological polar surface area (TPSA) is 87.7 Å². The van der Waals surface area contributed by atoms with E-state index in [1.165, 1.54) is 0 Å². The monoisotopic (exact) mass is 537 g/mol. The molecular formula is C32H47N3O4. The number of hydrogen-bond acceptors (Lipinski definition) is 4. The molecule has 3 amide bonds. The number of carbonyl (C=O) groups excluding carboxylic acids is 3. The molecule has 2 rings (SSSR count). The molecule has 0 aliphatic heterocycles. The molecule has 0 saturated heterocycles. The van der Waals surface area contributed by atoms with E-state index in [9.17, 15) is 14.4 Å². The van der Waals surface area contributed by atoms with E-state index in [4.69, 9.17) is 4.74 Å². The molecule has 39 heavy (non-hydrogen) atoms. The number of benzene rings is 2. The van der Waals surface area contributed by atoms with Crippen LogP contribution in [-0.4, -0.2) is 46.0 Å². The molecular weight excluding hydrogens is 490 g/mol. The summed E-state index contributed by atoms with van der Waals surface area (Å²) in [6, 6.07) is 15.3. The second-order valence-corrected chi connectivity index (χ2v) is 12.3. The molecule has 0 aliphatic rings. The highest BCUT2D eigenvalue weighted by Gasteiger charge is 2.42. The van der Waals surface area contributed by atoms with Crippen LogP contribution >= 0.6 is 0 Å². The van der Waals surface area contributed by atoms with Gasteiger partial charge in [0.2, 0.25) is 11.8 Å². The second-order valence-electron chi connectivity index (χ2n) is 12.3. The van der Waals surface area contributed by atoms with Crippen LogP contribution in [0.4, 0.5) is 4.79 Å². The average Bonchev–Trinajstić information content (AvgIpc) is 2.80. The number of hydrogen-bond donors (Lipinski definition) is 2. The second kappa shape index (κ2) is 13.6. The third kappa shape index (κ3) is 10.0. The third-order valence-electron chi connectivity index (χ3n) is 6.21. The van der Waals surface area contributed by atoms with E-state index >= 15 is 0 Å². The maximum atomic E-state index is 14.5. The van der Waals surface area contributed by atoms with Crippen molar-refractivity contribution in [2.24, 2.45) is 0 Å². The first-order valence-electron chi connectivity index (χ1n) is 13.9. The summed E-state index contributed by atoms with van der Waals surface area (Å²) < 4.78 is 5.51. The number of amides is 3. The van der Waals surface area contributed by atoms with Gasteiger partial charge in [-0.1, -0.05) is 73.5 Å². The first-order valence-corrected chi connectivity index (χ1v) is 13.9. The molecule has 0 fully saturated rings. The van der Waals surface area contributed by atoms with E-state index in [-0.39, 0.29) is 24.3 Å². The molecule has 7 heteroatoms. The molecule has 3 unspecified atom stereocenters. The highest BCUT2D eigenvalue weighted by Crippen LogP contribution is 2.31. The molecule has 214 valence electrons. The number of nitrogens with one attached hydrogen (secondary N) is 2. The Hall–Kier alpha value is -3.35. The first-order chi connectivity index (χ1) is 18.1. The summed E-state index contributed by atoms with van der Waals surface area (Å²) in [5.74, 6) is -0.609. The molecule has 0 aliphatic carbocycles. The fraction of sp³-hybridized carbons (Fsp3) is 0.531. The standard InChI is InChI=1S/C32H47N3O4/c1-10-15-23(3)33-28(36)27(25-19-14-16-22(2)20-25)35(31(4,5)6)29(37)26(21-24-17-12-11-13-18-24)34-30(38)39-32(7,8)9/h11-14,16-20,23,26-27H,10,15,21H2,1-9H3,(H,33,36)(H,34,38). The lowest BCUT2D eigenvalue weighted by Gasteiger charge is -2.43. The number of alkyl carbamates (subject to hydrolysis) is 1. The number of ether oxygens (including phenoxy) is 1. The Morgan fingerprint density at radius 2 is 1.56 bits per heavy atom. The lowest BCUT2D eigenvalue weighted by atomic mass is 9.93. The third-order valence-corrected chi connectivity index (χ3v) is 6.21. The molecule has 7 nitrogen and oxygen atoms in total. The number of nitrogens with zero attached hydrogens (tertiary/aromatic N) is 1. The summed E-state index contributed by atoms with van der Waals surface area (Å²) in [5.41, 5.74) is 1.11. The molecule has 0 heterocycles. The van der Waals surface area contributed by atoms with Crippen molar-refractivity contribution < 1.29 is 19.1 Å². The van der Waals surface area contributed by atoms with Gasteiger partial charge < -0.3 is 20.3 Å². The Balaban J connectivity index is 2.60. The van der Waals surface area contributed by atoms with Crippen molar-refractivity contribution in [1.82, 2.24) is 15.5 Å². The van der Waals surface area contributed by atoms with E-state index in [1.807, 2.05) is 89.2 Å². The fourth-order valence-corrected chi connectivity index (χ4v) is 4.60. The predicted molar refractivity (Wildman–Crippen MR) is 156 cm³/mol. The molecule has 0 radical (unpaired) electrons. The molecule has 0 saturated carbocycles. The van der Waals surface area contributed by atoms with Crippen LogP contribution in [0, 0.1) is 6.92 Å². The maximum Gasteiger partial charge on any atom is 0.408 e. The van der Waals surface area contributed by atoms with Crippen molar-refractivity contribution in [3.8, 4) is 0 Å². The highest BCUT2D eigenvalue weighted by atomic mass is 16.6. The zero-order valence-corrected chi connectivity index (χ0v) is 25.1. The summed E-state index contributed by atoms with van der Waals surface area (Å²) in [5, 5.41) is 5.93. The van der Waals surface area contributed by atoms with Crippen molar-refractivity contribution in [3.63, 3.8) is 0 Å². The Bertz CT molecular complexity index is 1100. The predicted octanol–water partition coefficient (Wildman–Crippen LogP) is 6.10. The normalized spacial score (nSPS) is 14.1. The Morgan fingerprint density at radius 3 is 2.10 bits per heavy atom. The summed E-state index contributed by atoms with van der Waals surface area (Å²) in [6.45, 7) is 17.1. The van der Waals surface area contributed by atoms with Crippen LogP contribution in [0.3, 0.4) is 0 Å². The summed E-state index contributed by atoms with van der Waals surface area (Å²) >= 11 is 0. The molecule has 3 atom stereocenters. The van der Waals surface area contributed by atoms with Gasteiger partial charge in [-0.2, -0.15) is 0 Å². The summed E-state index contributed by atoms with van der Waals surface area (Å²) in [6.07, 6.45) is 1.32. The SMILES string of the molecule is CCCC(C)NC(=O)C(c1cccc(C)c1)N(C(=O)C(Cc1ccccc1)NC(=O)OC(C)(C)C)C(C)(C)C. The van der Waals surface area contributed by atoms with E-state index in [1.54, 1.807) is 25.7 Å². The molecule has 0 aromatic heterocycles. The zero-order chi connectivity index (χ0) is 29.4. The van der Waals surface area contributed by atoms with Crippen molar-refractivity contribution in [2.75, 3.05) is 0 Å². The number of carbonyl (C=O) groups is 3. The van der Waals surface area contributed by atoms with Gasteiger partial charge in [0.1, 0.15) is 17.7 Å². The van der Waals surface area contributed by atoms with Crippen LogP contribution in [0.5, 0.6) is 0 Å². The van der Waals surface area contributed by atoms with Crippen molar-refractivity contribution in [2.45, 2.75) is 111 Å². The van der Waals surface area contributed by atoms with E-state index in [0.29, 0.717) is 0 Å². The Morgan fingerprint density at radius 1 is 0.923 bits per heavy atom. The minimum atomic E-state index is -0.949. The summed E-state index contributed by atoms with van der Waals surface area (Å²) in [4.78, 5) is 42.9. The van der Waals surface area contributed by atoms with Crippen molar-refractivity contribution in [3.05, 3.63) is 71.3 Å². The highest BCUT2D eigenvalue weighted by molar-refractivity contribution is 5.93. The van der Waals surface area contributed by atoms with Gasteiger partial charge >= 0.3 is 6.09 Å². The van der Waals surface area contributed by atoms with Crippen LogP contribution in [0.2, 0.25) is 0 Å². The molecule has 2 aromatic carbocycles. The van der Waals surface area contributed by atoms with Gasteiger partial charge in [0.05, 0.1) is 0 Å². The molecule has 0 bridgehead atoms. The van der Waals surface area contributed by atoms with Gasteiger partial charge in [0.25, 0.3) is 0 Å². The van der Waals surface area contributed by atoms with Crippen LogP contribution in [0.15, 0.2) is 54.6 Å². The molecule has 2 aromatic rings. The van der Waals surface area contributed by atoms with Gasteiger partial charge in [-0.3, -0.25) is 9.59 Å². The van der Waals surface area contributed by atoms with Gasteiger partial charge in [-0.05, 0) is 72.9 Å². The Kier molecular flexibility index (Phi) is 11.1. The lowest BCUT2D eigenvalue weighted by Crippen LogP contribution is -2.59.